The van der Waals surface area contributed by atoms with Crippen molar-refractivity contribution in [1.82, 2.24) is 9.97 Å². The van der Waals surface area contributed by atoms with Crippen LogP contribution in [0, 0.1) is 6.92 Å². The first-order valence-corrected chi connectivity index (χ1v) is 8.31. The Morgan fingerprint density at radius 2 is 1.64 bits per heavy atom. The largest absolute Gasteiger partial charge is 0.495 e. The van der Waals surface area contributed by atoms with Crippen molar-refractivity contribution in [1.29, 1.82) is 0 Å². The second-order valence-corrected chi connectivity index (χ2v) is 6.19. The molecule has 0 aliphatic heterocycles. The number of pyridine rings is 2. The van der Waals surface area contributed by atoms with Crippen LogP contribution in [0.15, 0.2) is 24.4 Å². The average Bonchev–Trinajstić information content (AvgIpc) is 2.61. The van der Waals surface area contributed by atoms with Crippen LogP contribution in [0.4, 0.5) is 5.82 Å². The Morgan fingerprint density at radius 1 is 1.00 bits per heavy atom. The lowest BCUT2D eigenvalue weighted by Gasteiger charge is -2.16. The van der Waals surface area contributed by atoms with Crippen molar-refractivity contribution in [2.24, 2.45) is 0 Å². The van der Waals surface area contributed by atoms with E-state index in [0.717, 1.165) is 16.5 Å². The molecule has 0 atom stereocenters. The van der Waals surface area contributed by atoms with Gasteiger partial charge in [-0.3, -0.25) is 4.98 Å². The molecule has 0 amide bonds. The molecule has 3 rings (SSSR count). The van der Waals surface area contributed by atoms with Gasteiger partial charge in [-0.25, -0.2) is 4.98 Å². The number of hydrogen-bond donors (Lipinski definition) is 1. The minimum atomic E-state index is 0.377. The molecular weight excluding hydrogens is 361 g/mol. The molecule has 2 aromatic heterocycles. The second kappa shape index (κ2) is 6.94. The van der Waals surface area contributed by atoms with Crippen LogP contribution in [-0.4, -0.2) is 31.2 Å². The Morgan fingerprint density at radius 3 is 2.20 bits per heavy atom. The quantitative estimate of drug-likeness (QED) is 0.695. The van der Waals surface area contributed by atoms with Crippen LogP contribution in [0.3, 0.4) is 0 Å². The standard InChI is InChI=1S/C18H17Cl2N3O2/c1-9-5-11-10(8-22-9)6-12(23-18(11)21-2)15-16(19)13(24-3)7-14(25-4)17(15)20/h5-8H,1-4H3,(H,21,23). The minimum absolute atomic E-state index is 0.377. The molecule has 1 aromatic carbocycles. The Bertz CT molecular complexity index is 933. The molecule has 0 saturated carbocycles. The van der Waals surface area contributed by atoms with E-state index in [1.807, 2.05) is 26.1 Å². The highest BCUT2D eigenvalue weighted by Crippen LogP contribution is 2.46. The van der Waals surface area contributed by atoms with Crippen LogP contribution in [0.2, 0.25) is 10.0 Å². The van der Waals surface area contributed by atoms with Gasteiger partial charge in [-0.15, -0.1) is 0 Å². The molecule has 2 heterocycles. The minimum Gasteiger partial charge on any atom is -0.495 e. The predicted molar refractivity (Wildman–Crippen MR) is 102 cm³/mol. The number of aryl methyl sites for hydroxylation is 1. The Balaban J connectivity index is 2.35. The average molecular weight is 378 g/mol. The van der Waals surface area contributed by atoms with Crippen molar-refractivity contribution >= 4 is 39.8 Å². The maximum Gasteiger partial charge on any atom is 0.141 e. The molecule has 130 valence electrons. The zero-order valence-electron chi connectivity index (χ0n) is 14.3. The number of hydrogen-bond acceptors (Lipinski definition) is 5. The highest BCUT2D eigenvalue weighted by molar-refractivity contribution is 6.41. The summed E-state index contributed by atoms with van der Waals surface area (Å²) in [6, 6.07) is 5.53. The molecule has 3 aromatic rings. The third-order valence-corrected chi connectivity index (χ3v) is 4.67. The van der Waals surface area contributed by atoms with Gasteiger partial charge in [0.1, 0.15) is 17.3 Å². The van der Waals surface area contributed by atoms with E-state index in [1.54, 1.807) is 12.3 Å². The molecule has 0 bridgehead atoms. The van der Waals surface area contributed by atoms with Crippen molar-refractivity contribution in [3.63, 3.8) is 0 Å². The number of rotatable bonds is 4. The van der Waals surface area contributed by atoms with Crippen LogP contribution < -0.4 is 14.8 Å². The monoisotopic (exact) mass is 377 g/mol. The third kappa shape index (κ3) is 3.05. The summed E-state index contributed by atoms with van der Waals surface area (Å²) in [5.41, 5.74) is 2.07. The van der Waals surface area contributed by atoms with Gasteiger partial charge in [-0.2, -0.15) is 0 Å². The fourth-order valence-corrected chi connectivity index (χ4v) is 3.37. The summed E-state index contributed by atoms with van der Waals surface area (Å²) >= 11 is 13.0. The first kappa shape index (κ1) is 17.6. The van der Waals surface area contributed by atoms with Crippen molar-refractivity contribution in [2.75, 3.05) is 26.6 Å². The summed E-state index contributed by atoms with van der Waals surface area (Å²) in [7, 11) is 4.90. The van der Waals surface area contributed by atoms with Crippen molar-refractivity contribution < 1.29 is 9.47 Å². The number of benzene rings is 1. The van der Waals surface area contributed by atoms with Gasteiger partial charge < -0.3 is 14.8 Å². The zero-order chi connectivity index (χ0) is 18.1. The van der Waals surface area contributed by atoms with E-state index in [-0.39, 0.29) is 0 Å². The van der Waals surface area contributed by atoms with Crippen LogP contribution in [0.1, 0.15) is 5.69 Å². The van der Waals surface area contributed by atoms with Crippen LogP contribution in [0.5, 0.6) is 11.5 Å². The van der Waals surface area contributed by atoms with E-state index < -0.39 is 0 Å². The van der Waals surface area contributed by atoms with Crippen molar-refractivity contribution in [3.8, 4) is 22.8 Å². The molecule has 1 N–H and O–H groups in total. The van der Waals surface area contributed by atoms with E-state index in [4.69, 9.17) is 32.7 Å². The number of methoxy groups -OCH3 is 2. The summed E-state index contributed by atoms with van der Waals surface area (Å²) in [5, 5.41) is 5.77. The maximum atomic E-state index is 6.51. The normalized spacial score (nSPS) is 10.8. The number of nitrogens with zero attached hydrogens (tertiary/aromatic N) is 2. The molecule has 25 heavy (non-hydrogen) atoms. The summed E-state index contributed by atoms with van der Waals surface area (Å²) in [5.74, 6) is 1.65. The van der Waals surface area contributed by atoms with Gasteiger partial charge in [-0.05, 0) is 19.1 Å². The van der Waals surface area contributed by atoms with E-state index in [0.29, 0.717) is 38.6 Å². The van der Waals surface area contributed by atoms with E-state index in [2.05, 4.69) is 15.3 Å². The highest BCUT2D eigenvalue weighted by Gasteiger charge is 2.21. The lowest BCUT2D eigenvalue weighted by molar-refractivity contribution is 0.395. The molecule has 0 aliphatic carbocycles. The third-order valence-electron chi connectivity index (χ3n) is 3.92. The zero-order valence-corrected chi connectivity index (χ0v) is 15.8. The number of nitrogens with one attached hydrogen (secondary N) is 1. The van der Waals surface area contributed by atoms with Crippen LogP contribution in [-0.2, 0) is 0 Å². The topological polar surface area (TPSA) is 56.3 Å². The number of fused-ring (bicyclic) bond motifs is 1. The van der Waals surface area contributed by atoms with E-state index >= 15 is 0 Å². The first-order chi connectivity index (χ1) is 12.0. The molecule has 0 fully saturated rings. The van der Waals surface area contributed by atoms with Gasteiger partial charge in [0.25, 0.3) is 0 Å². The number of anilines is 1. The van der Waals surface area contributed by atoms with Gasteiger partial charge in [0.2, 0.25) is 0 Å². The molecule has 0 radical (unpaired) electrons. The first-order valence-electron chi connectivity index (χ1n) is 7.55. The van der Waals surface area contributed by atoms with Crippen molar-refractivity contribution in [3.05, 3.63) is 40.1 Å². The van der Waals surface area contributed by atoms with Gasteiger partial charge in [0.15, 0.2) is 0 Å². The van der Waals surface area contributed by atoms with Gasteiger partial charge >= 0.3 is 0 Å². The highest BCUT2D eigenvalue weighted by atomic mass is 35.5. The summed E-state index contributed by atoms with van der Waals surface area (Å²) in [6.07, 6.45) is 1.80. The number of halogens is 2. The lowest BCUT2D eigenvalue weighted by atomic mass is 10.1. The van der Waals surface area contributed by atoms with Gasteiger partial charge in [0.05, 0.1) is 30.0 Å². The fraction of sp³-hybridized carbons (Fsp3) is 0.222. The van der Waals surface area contributed by atoms with Crippen molar-refractivity contribution in [2.45, 2.75) is 6.92 Å². The molecule has 0 unspecified atom stereocenters. The predicted octanol–water partition coefficient (Wildman–Crippen LogP) is 4.97. The van der Waals surface area contributed by atoms with Crippen LogP contribution in [0.25, 0.3) is 22.0 Å². The summed E-state index contributed by atoms with van der Waals surface area (Å²) in [4.78, 5) is 9.04. The van der Waals surface area contributed by atoms with Gasteiger partial charge in [0, 0.05) is 41.3 Å². The van der Waals surface area contributed by atoms with Gasteiger partial charge in [-0.1, -0.05) is 23.2 Å². The molecule has 5 nitrogen and oxygen atoms in total. The van der Waals surface area contributed by atoms with E-state index in [9.17, 15) is 0 Å². The molecule has 7 heteroatoms. The fourth-order valence-electron chi connectivity index (χ4n) is 2.68. The van der Waals surface area contributed by atoms with E-state index in [1.165, 1.54) is 14.2 Å². The van der Waals surface area contributed by atoms with Crippen LogP contribution >= 0.6 is 23.2 Å². The molecular formula is C18H17Cl2N3O2. The Kier molecular flexibility index (Phi) is 4.88. The number of ether oxygens (including phenoxy) is 2. The molecule has 0 saturated heterocycles. The lowest BCUT2D eigenvalue weighted by Crippen LogP contribution is -1.99. The second-order valence-electron chi connectivity index (χ2n) is 5.44. The summed E-state index contributed by atoms with van der Waals surface area (Å²) < 4.78 is 10.7. The maximum absolute atomic E-state index is 6.51. The number of aromatic nitrogens is 2. The Hall–Kier alpha value is -2.24. The molecule has 0 aliphatic rings. The summed E-state index contributed by atoms with van der Waals surface area (Å²) in [6.45, 7) is 1.94. The Labute approximate surface area is 155 Å². The molecule has 0 spiro atoms. The SMILES string of the molecule is CNc1nc(-c2c(Cl)c(OC)cc(OC)c2Cl)cc2cnc(C)cc12. The smallest absolute Gasteiger partial charge is 0.141 e.